The zero-order valence-electron chi connectivity index (χ0n) is 10.3. The first-order chi connectivity index (χ1) is 8.19. The normalized spacial score (nSPS) is 26.1. The van der Waals surface area contributed by atoms with Gasteiger partial charge >= 0.3 is 0 Å². The van der Waals surface area contributed by atoms with Crippen molar-refractivity contribution < 1.29 is 4.39 Å². The topological polar surface area (TPSA) is 42.1 Å². The highest BCUT2D eigenvalue weighted by Crippen LogP contribution is 2.22. The minimum absolute atomic E-state index is 0.262. The molecule has 0 amide bonds. The van der Waals surface area contributed by atoms with E-state index in [2.05, 4.69) is 16.8 Å². The van der Waals surface area contributed by atoms with Gasteiger partial charge in [0.15, 0.2) is 0 Å². The van der Waals surface area contributed by atoms with Crippen LogP contribution in [0.15, 0.2) is 18.5 Å². The maximum Gasteiger partial charge on any atom is 0.141 e. The average molecular weight is 237 g/mol. The Balaban J connectivity index is 2.01. The molecule has 0 saturated carbocycles. The number of nitrogens with zero attached hydrogens (tertiary/aromatic N) is 2. The summed E-state index contributed by atoms with van der Waals surface area (Å²) in [6.45, 7) is 4.74. The van der Waals surface area contributed by atoms with E-state index in [0.717, 1.165) is 25.2 Å². The number of hydrogen-bond acceptors (Lipinski definition) is 3. The van der Waals surface area contributed by atoms with E-state index < -0.39 is 0 Å². The zero-order valence-corrected chi connectivity index (χ0v) is 10.3. The number of likely N-dealkylation sites (tertiary alicyclic amines) is 1. The van der Waals surface area contributed by atoms with E-state index in [1.807, 2.05) is 0 Å². The Hall–Kier alpha value is -1.00. The largest absolute Gasteiger partial charge is 0.330 e. The summed E-state index contributed by atoms with van der Waals surface area (Å²) in [7, 11) is 0. The second-order valence-corrected chi connectivity index (χ2v) is 4.97. The molecular weight excluding hydrogens is 217 g/mol. The molecule has 0 aromatic carbocycles. The molecule has 2 N–H and O–H groups in total. The van der Waals surface area contributed by atoms with Gasteiger partial charge in [-0.05, 0) is 43.9 Å². The highest BCUT2D eigenvalue weighted by molar-refractivity contribution is 5.10. The maximum absolute atomic E-state index is 13.1. The maximum atomic E-state index is 13.1. The molecule has 17 heavy (non-hydrogen) atoms. The van der Waals surface area contributed by atoms with Gasteiger partial charge in [0.2, 0.25) is 0 Å². The van der Waals surface area contributed by atoms with Crippen LogP contribution >= 0.6 is 0 Å². The first kappa shape index (κ1) is 12.5. The highest BCUT2D eigenvalue weighted by atomic mass is 19.1. The SMILES string of the molecule is CC1CCC(CN)CN1Cc1cncc(F)c1. The van der Waals surface area contributed by atoms with Gasteiger partial charge in [0.05, 0.1) is 6.20 Å². The Morgan fingerprint density at radius 3 is 3.00 bits per heavy atom. The minimum Gasteiger partial charge on any atom is -0.330 e. The van der Waals surface area contributed by atoms with Crippen molar-refractivity contribution in [3.63, 3.8) is 0 Å². The van der Waals surface area contributed by atoms with Crippen LogP contribution in [-0.4, -0.2) is 29.0 Å². The Bertz CT molecular complexity index is 369. The van der Waals surface area contributed by atoms with E-state index in [0.29, 0.717) is 12.0 Å². The van der Waals surface area contributed by atoms with Crippen LogP contribution in [0.2, 0.25) is 0 Å². The molecule has 1 fully saturated rings. The molecule has 0 aliphatic carbocycles. The monoisotopic (exact) mass is 237 g/mol. The van der Waals surface area contributed by atoms with Gasteiger partial charge in [0.1, 0.15) is 5.82 Å². The van der Waals surface area contributed by atoms with Crippen LogP contribution in [0.4, 0.5) is 4.39 Å². The number of rotatable bonds is 3. The Morgan fingerprint density at radius 1 is 1.47 bits per heavy atom. The van der Waals surface area contributed by atoms with Crippen molar-refractivity contribution in [1.29, 1.82) is 0 Å². The molecule has 1 aromatic heterocycles. The van der Waals surface area contributed by atoms with Crippen molar-refractivity contribution in [2.24, 2.45) is 11.7 Å². The van der Waals surface area contributed by atoms with E-state index in [9.17, 15) is 4.39 Å². The molecule has 1 aromatic rings. The van der Waals surface area contributed by atoms with Gasteiger partial charge in [0, 0.05) is 25.3 Å². The molecule has 0 spiro atoms. The van der Waals surface area contributed by atoms with Crippen LogP contribution < -0.4 is 5.73 Å². The number of hydrogen-bond donors (Lipinski definition) is 1. The molecule has 2 atom stereocenters. The van der Waals surface area contributed by atoms with Crippen molar-refractivity contribution >= 4 is 0 Å². The number of halogens is 1. The smallest absolute Gasteiger partial charge is 0.141 e. The van der Waals surface area contributed by atoms with Gasteiger partial charge < -0.3 is 5.73 Å². The van der Waals surface area contributed by atoms with Gasteiger partial charge in [-0.1, -0.05) is 0 Å². The number of piperidine rings is 1. The van der Waals surface area contributed by atoms with E-state index >= 15 is 0 Å². The van der Waals surface area contributed by atoms with Crippen LogP contribution in [0.3, 0.4) is 0 Å². The van der Waals surface area contributed by atoms with Crippen molar-refractivity contribution in [2.45, 2.75) is 32.4 Å². The average Bonchev–Trinajstić information content (AvgIpc) is 2.32. The lowest BCUT2D eigenvalue weighted by atomic mass is 9.93. The first-order valence-electron chi connectivity index (χ1n) is 6.22. The molecule has 4 heteroatoms. The molecule has 2 heterocycles. The molecule has 94 valence electrons. The van der Waals surface area contributed by atoms with Crippen LogP contribution in [0.25, 0.3) is 0 Å². The lowest BCUT2D eigenvalue weighted by Gasteiger charge is -2.37. The molecule has 1 saturated heterocycles. The van der Waals surface area contributed by atoms with Gasteiger partial charge in [-0.15, -0.1) is 0 Å². The third-order valence-electron chi connectivity index (χ3n) is 3.59. The molecule has 3 nitrogen and oxygen atoms in total. The van der Waals surface area contributed by atoms with E-state index in [4.69, 9.17) is 5.73 Å². The van der Waals surface area contributed by atoms with Gasteiger partial charge in [-0.25, -0.2) is 4.39 Å². The fourth-order valence-electron chi connectivity index (χ4n) is 2.45. The molecule has 1 aliphatic rings. The summed E-state index contributed by atoms with van der Waals surface area (Å²) in [5, 5.41) is 0. The second kappa shape index (κ2) is 5.56. The first-order valence-corrected chi connectivity index (χ1v) is 6.22. The zero-order chi connectivity index (χ0) is 12.3. The standard InChI is InChI=1S/C13H20FN3/c1-10-2-3-11(5-15)8-17(10)9-12-4-13(14)7-16-6-12/h4,6-7,10-11H,2-3,5,8-9,15H2,1H3. The van der Waals surface area contributed by atoms with Crippen LogP contribution in [0, 0.1) is 11.7 Å². The fourth-order valence-corrected chi connectivity index (χ4v) is 2.45. The molecule has 0 radical (unpaired) electrons. The summed E-state index contributed by atoms with van der Waals surface area (Å²) in [5.41, 5.74) is 6.67. The van der Waals surface area contributed by atoms with Crippen molar-refractivity contribution in [3.05, 3.63) is 29.8 Å². The predicted molar refractivity (Wildman–Crippen MR) is 65.8 cm³/mol. The van der Waals surface area contributed by atoms with Crippen molar-refractivity contribution in [1.82, 2.24) is 9.88 Å². The van der Waals surface area contributed by atoms with Gasteiger partial charge in [-0.2, -0.15) is 0 Å². The summed E-state index contributed by atoms with van der Waals surface area (Å²) in [5.74, 6) is 0.315. The van der Waals surface area contributed by atoms with Gasteiger partial charge in [-0.3, -0.25) is 9.88 Å². The van der Waals surface area contributed by atoms with Crippen LogP contribution in [0.5, 0.6) is 0 Å². The lowest BCUT2D eigenvalue weighted by Crippen LogP contribution is -2.43. The summed E-state index contributed by atoms with van der Waals surface area (Å²) >= 11 is 0. The second-order valence-electron chi connectivity index (χ2n) is 4.97. The third kappa shape index (κ3) is 3.23. The van der Waals surface area contributed by atoms with E-state index in [1.165, 1.54) is 19.0 Å². The molecule has 2 rings (SSSR count). The molecular formula is C13H20FN3. The predicted octanol–water partition coefficient (Wildman–Crippen LogP) is 1.78. The summed E-state index contributed by atoms with van der Waals surface area (Å²) in [6, 6.07) is 2.10. The third-order valence-corrected chi connectivity index (χ3v) is 3.59. The summed E-state index contributed by atoms with van der Waals surface area (Å²) in [6.07, 6.45) is 5.36. The number of aromatic nitrogens is 1. The highest BCUT2D eigenvalue weighted by Gasteiger charge is 2.24. The number of pyridine rings is 1. The summed E-state index contributed by atoms with van der Waals surface area (Å²) in [4.78, 5) is 6.26. The Morgan fingerprint density at radius 2 is 2.29 bits per heavy atom. The van der Waals surface area contributed by atoms with Crippen molar-refractivity contribution in [3.8, 4) is 0 Å². The Kier molecular flexibility index (Phi) is 4.07. The minimum atomic E-state index is -0.262. The molecule has 2 unspecified atom stereocenters. The van der Waals surface area contributed by atoms with Crippen LogP contribution in [-0.2, 0) is 6.54 Å². The summed E-state index contributed by atoms with van der Waals surface area (Å²) < 4.78 is 13.1. The van der Waals surface area contributed by atoms with E-state index in [-0.39, 0.29) is 5.82 Å². The Labute approximate surface area is 102 Å². The number of nitrogens with two attached hydrogens (primary N) is 1. The fraction of sp³-hybridized carbons (Fsp3) is 0.615. The lowest BCUT2D eigenvalue weighted by molar-refractivity contribution is 0.113. The van der Waals surface area contributed by atoms with Gasteiger partial charge in [0.25, 0.3) is 0 Å². The molecule has 0 bridgehead atoms. The molecule has 1 aliphatic heterocycles. The van der Waals surface area contributed by atoms with Crippen LogP contribution in [0.1, 0.15) is 25.3 Å². The quantitative estimate of drug-likeness (QED) is 0.871. The van der Waals surface area contributed by atoms with Crippen molar-refractivity contribution in [2.75, 3.05) is 13.1 Å². The van der Waals surface area contributed by atoms with E-state index in [1.54, 1.807) is 12.3 Å².